The first-order valence-electron chi connectivity index (χ1n) is 6.35. The van der Waals surface area contributed by atoms with Crippen LogP contribution in [0.5, 0.6) is 5.75 Å². The molecule has 21 heavy (non-hydrogen) atoms. The molecule has 0 radical (unpaired) electrons. The Morgan fingerprint density at radius 3 is 2.67 bits per heavy atom. The van der Waals surface area contributed by atoms with Gasteiger partial charge in [-0.2, -0.15) is 0 Å². The summed E-state index contributed by atoms with van der Waals surface area (Å²) in [6.07, 6.45) is 3.72. The van der Waals surface area contributed by atoms with Gasteiger partial charge in [0, 0.05) is 14.9 Å². The number of phenolic OH excluding ortho intramolecular Hbond substituents is 1. The normalized spacial score (nSPS) is 11.3. The second kappa shape index (κ2) is 5.88. The minimum atomic E-state index is 0.189. The molecule has 0 fully saturated rings. The molecule has 0 spiro atoms. The van der Waals surface area contributed by atoms with E-state index in [-0.39, 0.29) is 5.75 Å². The van der Waals surface area contributed by atoms with Gasteiger partial charge < -0.3 is 5.11 Å². The molecule has 1 aromatic heterocycles. The fourth-order valence-electron chi connectivity index (χ4n) is 2.03. The summed E-state index contributed by atoms with van der Waals surface area (Å²) in [6, 6.07) is 14.8. The van der Waals surface area contributed by atoms with Crippen LogP contribution in [0.4, 0.5) is 0 Å². The highest BCUT2D eigenvalue weighted by molar-refractivity contribution is 9.10. The quantitative estimate of drug-likeness (QED) is 0.652. The van der Waals surface area contributed by atoms with Crippen molar-refractivity contribution in [2.24, 2.45) is 0 Å². The Morgan fingerprint density at radius 2 is 1.81 bits per heavy atom. The molecule has 0 bridgehead atoms. The van der Waals surface area contributed by atoms with Gasteiger partial charge in [0.05, 0.1) is 11.2 Å². The molecule has 0 aliphatic carbocycles. The fourth-order valence-corrected chi connectivity index (χ4v) is 2.56. The predicted octanol–water partition coefficient (Wildman–Crippen LogP) is 5.53. The molecule has 0 saturated heterocycles. The Morgan fingerprint density at radius 1 is 1.00 bits per heavy atom. The third kappa shape index (κ3) is 3.26. The van der Waals surface area contributed by atoms with Crippen LogP contribution in [0.25, 0.3) is 23.1 Å². The lowest BCUT2D eigenvalue weighted by Crippen LogP contribution is -1.83. The average molecular weight is 361 g/mol. The maximum absolute atomic E-state index is 9.49. The summed E-state index contributed by atoms with van der Waals surface area (Å²) in [5.41, 5.74) is 2.52. The first kappa shape index (κ1) is 14.1. The van der Waals surface area contributed by atoms with E-state index in [9.17, 15) is 5.11 Å². The van der Waals surface area contributed by atoms with Crippen molar-refractivity contribution in [1.82, 2.24) is 4.98 Å². The summed E-state index contributed by atoms with van der Waals surface area (Å²) in [4.78, 5) is 4.58. The maximum atomic E-state index is 9.49. The van der Waals surface area contributed by atoms with Crippen LogP contribution in [0.1, 0.15) is 11.3 Å². The molecule has 0 saturated carbocycles. The molecule has 3 aromatic rings. The third-order valence-electron chi connectivity index (χ3n) is 3.09. The predicted molar refractivity (Wildman–Crippen MR) is 91.5 cm³/mol. The second-order valence-corrected chi connectivity index (χ2v) is 5.94. The van der Waals surface area contributed by atoms with E-state index in [1.54, 1.807) is 18.2 Å². The number of pyridine rings is 1. The van der Waals surface area contributed by atoms with E-state index in [2.05, 4.69) is 20.9 Å². The monoisotopic (exact) mass is 359 g/mol. The molecular weight excluding hydrogens is 350 g/mol. The lowest BCUT2D eigenvalue weighted by molar-refractivity contribution is 0.475. The lowest BCUT2D eigenvalue weighted by Gasteiger charge is -2.01. The maximum Gasteiger partial charge on any atom is 0.116 e. The molecule has 0 aliphatic heterocycles. The highest BCUT2D eigenvalue weighted by atomic mass is 79.9. The van der Waals surface area contributed by atoms with Crippen molar-refractivity contribution in [2.45, 2.75) is 0 Å². The van der Waals surface area contributed by atoms with Gasteiger partial charge in [-0.05, 0) is 48.0 Å². The number of hydrogen-bond acceptors (Lipinski definition) is 2. The van der Waals surface area contributed by atoms with E-state index in [1.807, 2.05) is 42.5 Å². The van der Waals surface area contributed by atoms with Gasteiger partial charge in [-0.3, -0.25) is 0 Å². The van der Waals surface area contributed by atoms with Gasteiger partial charge in [-0.25, -0.2) is 4.98 Å². The van der Waals surface area contributed by atoms with E-state index in [0.29, 0.717) is 5.02 Å². The molecule has 2 nitrogen and oxygen atoms in total. The van der Waals surface area contributed by atoms with Gasteiger partial charge in [0.25, 0.3) is 0 Å². The standard InChI is InChI=1S/C17H11BrClNO/c18-13-4-1-11-2-5-14(20-17(11)10-13)6-3-12-9-15(21)7-8-16(12)19/h1-10,21H/b6-3+. The van der Waals surface area contributed by atoms with Crippen LogP contribution in [0.3, 0.4) is 0 Å². The SMILES string of the molecule is Oc1ccc(Cl)c(/C=C/c2ccc3ccc(Br)cc3n2)c1. The lowest BCUT2D eigenvalue weighted by atomic mass is 10.1. The van der Waals surface area contributed by atoms with Gasteiger partial charge in [0.2, 0.25) is 0 Å². The van der Waals surface area contributed by atoms with Crippen molar-refractivity contribution in [1.29, 1.82) is 0 Å². The van der Waals surface area contributed by atoms with Gasteiger partial charge in [0.15, 0.2) is 0 Å². The van der Waals surface area contributed by atoms with Crippen LogP contribution in [0.15, 0.2) is 53.0 Å². The zero-order valence-electron chi connectivity index (χ0n) is 10.9. The Labute approximate surface area is 135 Å². The van der Waals surface area contributed by atoms with E-state index in [1.165, 1.54) is 0 Å². The zero-order valence-corrected chi connectivity index (χ0v) is 13.3. The van der Waals surface area contributed by atoms with Gasteiger partial charge in [0.1, 0.15) is 5.75 Å². The van der Waals surface area contributed by atoms with E-state index >= 15 is 0 Å². The molecule has 4 heteroatoms. The number of rotatable bonds is 2. The number of aromatic hydroxyl groups is 1. The molecule has 104 valence electrons. The van der Waals surface area contributed by atoms with Gasteiger partial charge >= 0.3 is 0 Å². The largest absolute Gasteiger partial charge is 0.508 e. The summed E-state index contributed by atoms with van der Waals surface area (Å²) in [6.45, 7) is 0. The Bertz CT molecular complexity index is 845. The summed E-state index contributed by atoms with van der Waals surface area (Å²) in [5.74, 6) is 0.189. The van der Waals surface area contributed by atoms with Crippen molar-refractivity contribution in [3.05, 3.63) is 69.3 Å². The topological polar surface area (TPSA) is 33.1 Å². The first-order valence-corrected chi connectivity index (χ1v) is 7.52. The summed E-state index contributed by atoms with van der Waals surface area (Å²) < 4.78 is 1.000. The number of aromatic nitrogens is 1. The Balaban J connectivity index is 1.97. The van der Waals surface area contributed by atoms with Crippen LogP contribution in [0, 0.1) is 0 Å². The van der Waals surface area contributed by atoms with Crippen molar-refractivity contribution >= 4 is 50.6 Å². The molecule has 0 unspecified atom stereocenters. The van der Waals surface area contributed by atoms with Crippen LogP contribution in [0.2, 0.25) is 5.02 Å². The van der Waals surface area contributed by atoms with Gasteiger partial charge in [-0.1, -0.05) is 45.7 Å². The van der Waals surface area contributed by atoms with Crippen LogP contribution >= 0.6 is 27.5 Å². The number of halogens is 2. The zero-order chi connectivity index (χ0) is 14.8. The van der Waals surface area contributed by atoms with Crippen LogP contribution in [-0.4, -0.2) is 10.1 Å². The van der Waals surface area contributed by atoms with Crippen molar-refractivity contribution in [2.75, 3.05) is 0 Å². The number of phenols is 1. The number of hydrogen-bond donors (Lipinski definition) is 1. The third-order valence-corrected chi connectivity index (χ3v) is 3.93. The molecular formula is C17H11BrClNO. The smallest absolute Gasteiger partial charge is 0.116 e. The molecule has 3 rings (SSSR count). The van der Waals surface area contributed by atoms with Crippen LogP contribution < -0.4 is 0 Å². The second-order valence-electron chi connectivity index (χ2n) is 4.61. The molecule has 0 amide bonds. The molecule has 1 heterocycles. The van der Waals surface area contributed by atoms with Gasteiger partial charge in [-0.15, -0.1) is 0 Å². The van der Waals surface area contributed by atoms with Crippen molar-refractivity contribution in [3.63, 3.8) is 0 Å². The van der Waals surface area contributed by atoms with E-state index < -0.39 is 0 Å². The summed E-state index contributed by atoms with van der Waals surface area (Å²) in [5, 5.41) is 11.2. The minimum absolute atomic E-state index is 0.189. The van der Waals surface area contributed by atoms with E-state index in [4.69, 9.17) is 11.6 Å². The number of benzene rings is 2. The average Bonchev–Trinajstić information content (AvgIpc) is 2.47. The summed E-state index contributed by atoms with van der Waals surface area (Å²) in [7, 11) is 0. The fraction of sp³-hybridized carbons (Fsp3) is 0. The highest BCUT2D eigenvalue weighted by Gasteiger charge is 2.00. The molecule has 2 aromatic carbocycles. The van der Waals surface area contributed by atoms with Crippen molar-refractivity contribution in [3.8, 4) is 5.75 Å². The highest BCUT2D eigenvalue weighted by Crippen LogP contribution is 2.24. The summed E-state index contributed by atoms with van der Waals surface area (Å²) >= 11 is 9.54. The molecule has 1 N–H and O–H groups in total. The number of nitrogens with zero attached hydrogens (tertiary/aromatic N) is 1. The van der Waals surface area contributed by atoms with Crippen LogP contribution in [-0.2, 0) is 0 Å². The first-order chi connectivity index (χ1) is 10.1. The molecule has 0 aliphatic rings. The minimum Gasteiger partial charge on any atom is -0.508 e. The number of fused-ring (bicyclic) bond motifs is 1. The molecule has 0 atom stereocenters. The van der Waals surface area contributed by atoms with E-state index in [0.717, 1.165) is 26.6 Å². The Kier molecular flexibility index (Phi) is 3.95. The van der Waals surface area contributed by atoms with Crippen molar-refractivity contribution < 1.29 is 5.11 Å². The Hall–Kier alpha value is -1.84.